The Kier molecular flexibility index (Phi) is 7.75. The van der Waals surface area contributed by atoms with E-state index >= 15 is 0 Å². The van der Waals surface area contributed by atoms with E-state index in [1.54, 1.807) is 24.3 Å². The number of carboxylic acid groups (broad SMARTS) is 1. The summed E-state index contributed by atoms with van der Waals surface area (Å²) in [6.45, 7) is 0. The number of rotatable bonds is 13. The summed E-state index contributed by atoms with van der Waals surface area (Å²) < 4.78 is 33.6. The number of benzene rings is 2. The van der Waals surface area contributed by atoms with Crippen molar-refractivity contribution in [3.8, 4) is 0 Å². The van der Waals surface area contributed by atoms with Crippen molar-refractivity contribution in [2.45, 2.75) is 48.8 Å². The summed E-state index contributed by atoms with van der Waals surface area (Å²) in [6.07, 6.45) is 2.76. The summed E-state index contributed by atoms with van der Waals surface area (Å²) >= 11 is 2.48. The number of unbranched alkanes of at least 4 members (excludes halogenated alkanes) is 1. The van der Waals surface area contributed by atoms with Crippen LogP contribution in [0.3, 0.4) is 0 Å². The Morgan fingerprint density at radius 1 is 0.923 bits per heavy atom. The molecular formula is C22H28O2S2. The lowest BCUT2D eigenvalue weighted by atomic mass is 10.1. The maximum absolute atomic E-state index is 10.8. The molecule has 0 heterocycles. The van der Waals surface area contributed by atoms with Gasteiger partial charge in [-0.1, -0.05) is 67.1 Å². The van der Waals surface area contributed by atoms with Crippen molar-refractivity contribution in [2.75, 3.05) is 5.75 Å². The van der Waals surface area contributed by atoms with Gasteiger partial charge in [-0.2, -0.15) is 23.5 Å². The predicted molar refractivity (Wildman–Crippen MR) is 115 cm³/mol. The Labute approximate surface area is 171 Å². The Hall–Kier alpha value is -1.39. The molecule has 140 valence electrons. The van der Waals surface area contributed by atoms with Crippen LogP contribution in [-0.2, 0) is 16.2 Å². The van der Waals surface area contributed by atoms with Crippen molar-refractivity contribution in [1.29, 1.82) is 0 Å². The van der Waals surface area contributed by atoms with Crippen LogP contribution >= 0.6 is 23.5 Å². The standard InChI is InChI=1S/C22H28O2S2/c23-22(24)14-8-7-13-21(26-18-20-11-5-2-6-12-20)15-16-25-17-19-9-3-1-4-10-19/h1-6,9-12,21H,7-8,13-18H2,(H,23,24)/i17D2,18D2. The highest BCUT2D eigenvalue weighted by atomic mass is 32.2. The minimum atomic E-state index is -1.55. The van der Waals surface area contributed by atoms with Gasteiger partial charge >= 0.3 is 5.97 Å². The third-order valence-electron chi connectivity index (χ3n) is 3.79. The first-order chi connectivity index (χ1) is 14.2. The highest BCUT2D eigenvalue weighted by molar-refractivity contribution is 7.99. The lowest BCUT2D eigenvalue weighted by Gasteiger charge is -2.16. The maximum atomic E-state index is 10.8. The summed E-state index contributed by atoms with van der Waals surface area (Å²) in [5.74, 6) is -0.256. The number of hydrogen-bond acceptors (Lipinski definition) is 3. The first-order valence-corrected chi connectivity index (χ1v) is 10.7. The molecule has 0 fully saturated rings. The molecule has 2 aromatic rings. The second-order valence-corrected chi connectivity index (χ2v) is 7.96. The van der Waals surface area contributed by atoms with Crippen molar-refractivity contribution < 1.29 is 15.4 Å². The fourth-order valence-electron chi connectivity index (χ4n) is 2.40. The number of aliphatic carboxylic acids is 1. The van der Waals surface area contributed by atoms with Crippen molar-refractivity contribution in [3.05, 3.63) is 71.8 Å². The molecule has 1 N–H and O–H groups in total. The number of thioether (sulfide) groups is 2. The molecule has 0 aliphatic heterocycles. The van der Waals surface area contributed by atoms with E-state index in [9.17, 15) is 4.79 Å². The summed E-state index contributed by atoms with van der Waals surface area (Å²) in [5, 5.41) is 8.82. The maximum Gasteiger partial charge on any atom is 0.303 e. The van der Waals surface area contributed by atoms with E-state index < -0.39 is 17.4 Å². The normalized spacial score (nSPS) is 15.4. The quantitative estimate of drug-likeness (QED) is 0.408. The molecule has 0 saturated heterocycles. The third-order valence-corrected chi connectivity index (χ3v) is 5.77. The molecule has 2 aromatic carbocycles. The molecule has 0 aromatic heterocycles. The average molecular weight is 393 g/mol. The molecule has 0 aliphatic rings. The molecular weight excluding hydrogens is 360 g/mol. The van der Waals surface area contributed by atoms with Crippen molar-refractivity contribution in [2.24, 2.45) is 0 Å². The average Bonchev–Trinajstić information content (AvgIpc) is 2.72. The minimum Gasteiger partial charge on any atom is -0.481 e. The molecule has 0 spiro atoms. The van der Waals surface area contributed by atoms with E-state index in [0.29, 0.717) is 42.6 Å². The molecule has 2 rings (SSSR count). The zero-order valence-electron chi connectivity index (χ0n) is 18.8. The zero-order chi connectivity index (χ0) is 22.0. The van der Waals surface area contributed by atoms with Gasteiger partial charge in [-0.25, -0.2) is 0 Å². The first kappa shape index (κ1) is 15.6. The topological polar surface area (TPSA) is 37.3 Å². The van der Waals surface area contributed by atoms with Gasteiger partial charge in [0, 0.05) is 28.6 Å². The fraction of sp³-hybridized carbons (Fsp3) is 0.409. The van der Waals surface area contributed by atoms with Crippen LogP contribution in [0.25, 0.3) is 0 Å². The molecule has 0 amide bonds. The molecule has 4 heteroatoms. The summed E-state index contributed by atoms with van der Waals surface area (Å²) in [6, 6.07) is 18.1. The molecule has 0 saturated carbocycles. The molecule has 2 nitrogen and oxygen atoms in total. The van der Waals surface area contributed by atoms with Crippen LogP contribution in [0.4, 0.5) is 0 Å². The molecule has 1 unspecified atom stereocenters. The van der Waals surface area contributed by atoms with Crippen LogP contribution in [0.2, 0.25) is 0 Å². The van der Waals surface area contributed by atoms with E-state index in [2.05, 4.69) is 0 Å². The molecule has 0 radical (unpaired) electrons. The van der Waals surface area contributed by atoms with Gasteiger partial charge in [-0.15, -0.1) is 0 Å². The van der Waals surface area contributed by atoms with E-state index in [0.717, 1.165) is 0 Å². The number of carboxylic acids is 1. The molecule has 0 aliphatic carbocycles. The van der Waals surface area contributed by atoms with Gasteiger partial charge in [-0.05, 0) is 36.1 Å². The van der Waals surface area contributed by atoms with Crippen molar-refractivity contribution in [1.82, 2.24) is 0 Å². The fourth-order valence-corrected chi connectivity index (χ4v) is 4.31. The Morgan fingerprint density at radius 3 is 2.15 bits per heavy atom. The highest BCUT2D eigenvalue weighted by Gasteiger charge is 2.10. The lowest BCUT2D eigenvalue weighted by molar-refractivity contribution is -0.137. The Morgan fingerprint density at radius 2 is 1.54 bits per heavy atom. The van der Waals surface area contributed by atoms with Crippen LogP contribution in [0.5, 0.6) is 0 Å². The van der Waals surface area contributed by atoms with Crippen LogP contribution < -0.4 is 0 Å². The van der Waals surface area contributed by atoms with Crippen LogP contribution in [-0.4, -0.2) is 22.1 Å². The van der Waals surface area contributed by atoms with Crippen LogP contribution in [0, 0.1) is 0 Å². The van der Waals surface area contributed by atoms with E-state index in [-0.39, 0.29) is 11.7 Å². The molecule has 26 heavy (non-hydrogen) atoms. The van der Waals surface area contributed by atoms with Crippen molar-refractivity contribution >= 4 is 29.5 Å². The van der Waals surface area contributed by atoms with Crippen LogP contribution in [0.1, 0.15) is 48.7 Å². The van der Waals surface area contributed by atoms with Crippen LogP contribution in [0.15, 0.2) is 60.7 Å². The van der Waals surface area contributed by atoms with Gasteiger partial charge in [0.15, 0.2) is 0 Å². The predicted octanol–water partition coefficient (Wildman–Crippen LogP) is 6.26. The molecule has 1 atom stereocenters. The lowest BCUT2D eigenvalue weighted by Crippen LogP contribution is -2.06. The monoisotopic (exact) mass is 392 g/mol. The second kappa shape index (κ2) is 12.9. The van der Waals surface area contributed by atoms with Gasteiger partial charge in [0.1, 0.15) is 0 Å². The van der Waals surface area contributed by atoms with Gasteiger partial charge in [0.25, 0.3) is 0 Å². The Balaban J connectivity index is 1.97. The van der Waals surface area contributed by atoms with Gasteiger partial charge in [0.2, 0.25) is 0 Å². The van der Waals surface area contributed by atoms with E-state index in [1.165, 1.54) is 23.5 Å². The summed E-state index contributed by atoms with van der Waals surface area (Å²) in [7, 11) is 0. The SMILES string of the molecule is [2H]C([2H])(SCCC(CCCCC(=O)O)SC([2H])([2H])c1ccccc1)c1ccccc1. The number of hydrogen-bond donors (Lipinski definition) is 1. The van der Waals surface area contributed by atoms with E-state index in [1.807, 2.05) is 36.4 Å². The highest BCUT2D eigenvalue weighted by Crippen LogP contribution is 2.27. The smallest absolute Gasteiger partial charge is 0.303 e. The molecule has 0 bridgehead atoms. The van der Waals surface area contributed by atoms with Gasteiger partial charge < -0.3 is 5.11 Å². The summed E-state index contributed by atoms with van der Waals surface area (Å²) in [5.41, 5.74) is -1.82. The number of carbonyl (C=O) groups is 1. The largest absolute Gasteiger partial charge is 0.481 e. The zero-order valence-corrected chi connectivity index (χ0v) is 16.4. The third kappa shape index (κ3) is 9.35. The Bertz CT molecular complexity index is 773. The van der Waals surface area contributed by atoms with E-state index in [4.69, 9.17) is 10.6 Å². The van der Waals surface area contributed by atoms with Crippen molar-refractivity contribution in [3.63, 3.8) is 0 Å². The second-order valence-electron chi connectivity index (χ2n) is 5.95. The first-order valence-electron chi connectivity index (χ1n) is 10.9. The minimum absolute atomic E-state index is 0.0203. The van der Waals surface area contributed by atoms with Gasteiger partial charge in [0.05, 0.1) is 0 Å². The summed E-state index contributed by atoms with van der Waals surface area (Å²) in [4.78, 5) is 10.8. The van der Waals surface area contributed by atoms with Gasteiger partial charge in [-0.3, -0.25) is 4.79 Å².